The van der Waals surface area contributed by atoms with E-state index in [1.807, 2.05) is 47.2 Å². The number of hydrogen-bond acceptors (Lipinski definition) is 3. The van der Waals surface area contributed by atoms with Crippen molar-refractivity contribution in [3.63, 3.8) is 0 Å². The third-order valence-corrected chi connectivity index (χ3v) is 3.20. The fraction of sp³-hybridized carbons (Fsp3) is 0.154. The SMILES string of the molecule is N[C@@H](C(=O)Cc1ccsc1)c1ccccc1. The number of hydrogen-bond donors (Lipinski definition) is 1. The Morgan fingerprint density at radius 1 is 1.25 bits per heavy atom. The maximum atomic E-state index is 11.9. The second kappa shape index (κ2) is 5.05. The molecule has 0 saturated heterocycles. The molecular weight excluding hydrogens is 218 g/mol. The second-order valence-corrected chi connectivity index (χ2v) is 4.44. The van der Waals surface area contributed by atoms with E-state index in [4.69, 9.17) is 5.73 Å². The fourth-order valence-electron chi connectivity index (χ4n) is 1.55. The molecule has 0 fully saturated rings. The lowest BCUT2D eigenvalue weighted by Crippen LogP contribution is -2.22. The summed E-state index contributed by atoms with van der Waals surface area (Å²) in [6.45, 7) is 0. The number of ketones is 1. The van der Waals surface area contributed by atoms with Crippen LogP contribution in [0.3, 0.4) is 0 Å². The second-order valence-electron chi connectivity index (χ2n) is 3.66. The van der Waals surface area contributed by atoms with Gasteiger partial charge in [0.2, 0.25) is 0 Å². The van der Waals surface area contributed by atoms with E-state index in [0.29, 0.717) is 6.42 Å². The van der Waals surface area contributed by atoms with Crippen LogP contribution in [0.2, 0.25) is 0 Å². The van der Waals surface area contributed by atoms with Gasteiger partial charge in [-0.3, -0.25) is 4.79 Å². The van der Waals surface area contributed by atoms with Gasteiger partial charge in [-0.05, 0) is 28.0 Å². The van der Waals surface area contributed by atoms with Crippen molar-refractivity contribution < 1.29 is 4.79 Å². The first-order valence-electron chi connectivity index (χ1n) is 5.11. The van der Waals surface area contributed by atoms with Crippen molar-refractivity contribution in [2.45, 2.75) is 12.5 Å². The minimum absolute atomic E-state index is 0.0598. The number of carbonyl (C=O) groups excluding carboxylic acids is 1. The Balaban J connectivity index is 2.05. The molecule has 0 aliphatic heterocycles. The van der Waals surface area contributed by atoms with Crippen LogP contribution in [0.1, 0.15) is 17.2 Å². The van der Waals surface area contributed by atoms with Crippen LogP contribution in [-0.2, 0) is 11.2 Å². The molecule has 82 valence electrons. The molecule has 0 unspecified atom stereocenters. The first-order chi connectivity index (χ1) is 7.77. The number of benzene rings is 1. The summed E-state index contributed by atoms with van der Waals surface area (Å²) in [7, 11) is 0. The van der Waals surface area contributed by atoms with Crippen LogP contribution in [0.5, 0.6) is 0 Å². The normalized spacial score (nSPS) is 12.3. The highest BCUT2D eigenvalue weighted by Crippen LogP contribution is 2.14. The molecule has 0 spiro atoms. The van der Waals surface area contributed by atoms with E-state index in [-0.39, 0.29) is 5.78 Å². The van der Waals surface area contributed by atoms with E-state index in [1.165, 1.54) is 0 Å². The lowest BCUT2D eigenvalue weighted by atomic mass is 10.00. The van der Waals surface area contributed by atoms with Crippen LogP contribution in [-0.4, -0.2) is 5.78 Å². The summed E-state index contributed by atoms with van der Waals surface area (Å²) in [4.78, 5) is 11.9. The van der Waals surface area contributed by atoms with Gasteiger partial charge in [0.1, 0.15) is 0 Å². The van der Waals surface area contributed by atoms with E-state index >= 15 is 0 Å². The average molecular weight is 231 g/mol. The maximum absolute atomic E-state index is 11.9. The lowest BCUT2D eigenvalue weighted by Gasteiger charge is -2.09. The van der Waals surface area contributed by atoms with E-state index < -0.39 is 6.04 Å². The Morgan fingerprint density at radius 3 is 2.62 bits per heavy atom. The van der Waals surface area contributed by atoms with Crippen molar-refractivity contribution in [1.82, 2.24) is 0 Å². The molecule has 16 heavy (non-hydrogen) atoms. The standard InChI is InChI=1S/C13H13NOS/c14-13(11-4-2-1-3-5-11)12(15)8-10-6-7-16-9-10/h1-7,9,13H,8,14H2/t13-/m1/s1. The predicted molar refractivity (Wildman–Crippen MR) is 66.4 cm³/mol. The molecule has 2 aromatic rings. The molecule has 1 aromatic heterocycles. The van der Waals surface area contributed by atoms with Crippen LogP contribution in [0, 0.1) is 0 Å². The molecule has 3 heteroatoms. The van der Waals surface area contributed by atoms with Crippen molar-refractivity contribution in [1.29, 1.82) is 0 Å². The van der Waals surface area contributed by atoms with Gasteiger partial charge in [-0.25, -0.2) is 0 Å². The van der Waals surface area contributed by atoms with Gasteiger partial charge in [-0.15, -0.1) is 0 Å². The predicted octanol–water partition coefficient (Wildman–Crippen LogP) is 2.56. The van der Waals surface area contributed by atoms with E-state index in [9.17, 15) is 4.79 Å². The average Bonchev–Trinajstić information content (AvgIpc) is 2.82. The van der Waals surface area contributed by atoms with Gasteiger partial charge in [0.05, 0.1) is 6.04 Å². The molecule has 1 heterocycles. The van der Waals surface area contributed by atoms with Crippen molar-refractivity contribution in [2.75, 3.05) is 0 Å². The molecule has 0 saturated carbocycles. The van der Waals surface area contributed by atoms with Crippen LogP contribution in [0.25, 0.3) is 0 Å². The smallest absolute Gasteiger partial charge is 0.158 e. The van der Waals surface area contributed by atoms with Gasteiger partial charge < -0.3 is 5.73 Å². The van der Waals surface area contributed by atoms with E-state index in [1.54, 1.807) is 11.3 Å². The quantitative estimate of drug-likeness (QED) is 0.878. The Kier molecular flexibility index (Phi) is 3.49. The van der Waals surface area contributed by atoms with Crippen molar-refractivity contribution >= 4 is 17.1 Å². The van der Waals surface area contributed by atoms with Gasteiger partial charge in [-0.2, -0.15) is 11.3 Å². The first kappa shape index (κ1) is 11.0. The summed E-state index contributed by atoms with van der Waals surface area (Å²) >= 11 is 1.60. The molecule has 2 rings (SSSR count). The third-order valence-electron chi connectivity index (χ3n) is 2.46. The van der Waals surface area contributed by atoms with Crippen molar-refractivity contribution in [3.8, 4) is 0 Å². The van der Waals surface area contributed by atoms with Crippen molar-refractivity contribution in [2.24, 2.45) is 5.73 Å². The van der Waals surface area contributed by atoms with Gasteiger partial charge in [0, 0.05) is 6.42 Å². The number of rotatable bonds is 4. The van der Waals surface area contributed by atoms with Crippen LogP contribution in [0.4, 0.5) is 0 Å². The molecule has 0 amide bonds. The van der Waals surface area contributed by atoms with Gasteiger partial charge >= 0.3 is 0 Å². The first-order valence-corrected chi connectivity index (χ1v) is 6.06. The largest absolute Gasteiger partial charge is 0.318 e. The summed E-state index contributed by atoms with van der Waals surface area (Å²) in [5, 5.41) is 3.95. The number of thiophene rings is 1. The Bertz CT molecular complexity index is 450. The lowest BCUT2D eigenvalue weighted by molar-refractivity contribution is -0.119. The third kappa shape index (κ3) is 2.56. The highest BCUT2D eigenvalue weighted by atomic mass is 32.1. The van der Waals surface area contributed by atoms with Crippen molar-refractivity contribution in [3.05, 3.63) is 58.3 Å². The highest BCUT2D eigenvalue weighted by Gasteiger charge is 2.15. The van der Waals surface area contributed by atoms with Gasteiger partial charge in [0.15, 0.2) is 5.78 Å². The van der Waals surface area contributed by atoms with Gasteiger partial charge in [-0.1, -0.05) is 30.3 Å². The number of Topliss-reactive ketones (excluding diaryl/α,β-unsaturated/α-hetero) is 1. The Morgan fingerprint density at radius 2 is 2.00 bits per heavy atom. The maximum Gasteiger partial charge on any atom is 0.158 e. The Labute approximate surface area is 98.7 Å². The zero-order valence-corrected chi connectivity index (χ0v) is 9.61. The summed E-state index contributed by atoms with van der Waals surface area (Å²) < 4.78 is 0. The van der Waals surface area contributed by atoms with E-state index in [0.717, 1.165) is 11.1 Å². The molecule has 2 N–H and O–H groups in total. The minimum atomic E-state index is -0.513. The Hall–Kier alpha value is -1.45. The summed E-state index contributed by atoms with van der Waals surface area (Å²) in [6, 6.07) is 10.9. The van der Waals surface area contributed by atoms with Crippen LogP contribution >= 0.6 is 11.3 Å². The van der Waals surface area contributed by atoms with E-state index in [2.05, 4.69) is 0 Å². The van der Waals surface area contributed by atoms with Gasteiger partial charge in [0.25, 0.3) is 0 Å². The number of nitrogens with two attached hydrogens (primary N) is 1. The van der Waals surface area contributed by atoms with Crippen LogP contribution < -0.4 is 5.73 Å². The molecule has 1 aromatic carbocycles. The molecule has 0 aliphatic rings. The molecule has 0 bridgehead atoms. The molecule has 0 aliphatic carbocycles. The molecular formula is C13H13NOS. The molecule has 0 radical (unpaired) electrons. The summed E-state index contributed by atoms with van der Waals surface area (Å²) in [6.07, 6.45) is 0.416. The zero-order valence-electron chi connectivity index (χ0n) is 8.80. The summed E-state index contributed by atoms with van der Waals surface area (Å²) in [5.74, 6) is 0.0598. The molecule has 2 nitrogen and oxygen atoms in total. The molecule has 1 atom stereocenters. The monoisotopic (exact) mass is 231 g/mol. The topological polar surface area (TPSA) is 43.1 Å². The van der Waals surface area contributed by atoms with Crippen LogP contribution in [0.15, 0.2) is 47.2 Å². The zero-order chi connectivity index (χ0) is 11.4. The summed E-state index contributed by atoms with van der Waals surface area (Å²) in [5.41, 5.74) is 7.83. The number of carbonyl (C=O) groups is 1. The minimum Gasteiger partial charge on any atom is -0.318 e. The highest BCUT2D eigenvalue weighted by molar-refractivity contribution is 7.07. The fourth-order valence-corrected chi connectivity index (χ4v) is 2.22.